The highest BCUT2D eigenvalue weighted by molar-refractivity contribution is 7.89. The van der Waals surface area contributed by atoms with Crippen LogP contribution in [0.1, 0.15) is 183 Å². The Kier molecular flexibility index (Phi) is 32.7. The molecule has 12 N–H and O–H groups in total. The van der Waals surface area contributed by atoms with Gasteiger partial charge in [-0.2, -0.15) is 19.9 Å². The summed E-state index contributed by atoms with van der Waals surface area (Å²) < 4.78 is 77.1. The highest BCUT2D eigenvalue weighted by Crippen LogP contribution is 2.46. The van der Waals surface area contributed by atoms with Crippen LogP contribution in [0.4, 0.5) is 4.39 Å². The van der Waals surface area contributed by atoms with Gasteiger partial charge in [0.25, 0.3) is 39.6 Å². The van der Waals surface area contributed by atoms with Crippen LogP contribution in [0.2, 0.25) is 25.1 Å². The molecule has 0 saturated heterocycles. The molecule has 4 atom stereocenters. The minimum absolute atomic E-state index is 0.0240. The summed E-state index contributed by atoms with van der Waals surface area (Å²) in [6, 6.07) is 74.1. The number of aromatic nitrogens is 14. The van der Waals surface area contributed by atoms with Gasteiger partial charge in [0.2, 0.25) is 35.2 Å². The number of fused-ring (bicyclic) bond motifs is 6. The summed E-state index contributed by atoms with van der Waals surface area (Å²) >= 11 is 29.9. The number of benzene rings is 10. The first-order chi connectivity index (χ1) is 70.3. The van der Waals surface area contributed by atoms with Gasteiger partial charge >= 0.3 is 0 Å². The third-order valence-electron chi connectivity index (χ3n) is 23.2. The first-order valence-corrected chi connectivity index (χ1v) is 49.1. The highest BCUT2D eigenvalue weighted by Gasteiger charge is 2.46. The molecule has 10 aromatic carbocycles. The zero-order valence-electron chi connectivity index (χ0n) is 79.6. The van der Waals surface area contributed by atoms with E-state index < -0.39 is 27.9 Å². The molecule has 3 unspecified atom stereocenters. The van der Waals surface area contributed by atoms with Crippen LogP contribution >= 0.6 is 58.0 Å². The van der Waals surface area contributed by atoms with Crippen molar-refractivity contribution in [1.82, 2.24) is 102 Å². The van der Waals surface area contributed by atoms with Crippen molar-refractivity contribution < 1.29 is 69.1 Å². The molecule has 1 saturated carbocycles. The molecule has 34 nitrogen and oxygen atoms in total. The smallest absolute Gasteiger partial charge is 0.268 e. The molecule has 10 aromatic heterocycles. The van der Waals surface area contributed by atoms with Crippen LogP contribution in [-0.2, 0) is 33.3 Å². The van der Waals surface area contributed by atoms with Crippen molar-refractivity contribution in [2.45, 2.75) is 108 Å². The molecule has 20 aromatic rings. The number of nitrogens with one attached hydrogen (secondary N) is 12. The minimum atomic E-state index is -3.71. The number of amides is 5. The molecular formula is C105H96Cl5FN20O14S. The van der Waals surface area contributed by atoms with Crippen molar-refractivity contribution in [3.63, 3.8) is 0 Å². The lowest BCUT2D eigenvalue weighted by Crippen LogP contribution is -2.34. The Labute approximate surface area is 858 Å². The Bertz CT molecular complexity index is 8160. The maximum Gasteiger partial charge on any atom is 0.268 e. The normalized spacial score (nSPS) is 12.8. The lowest BCUT2D eigenvalue weighted by atomic mass is 10.0. The van der Waals surface area contributed by atoms with Crippen LogP contribution in [0.15, 0.2) is 278 Å². The molecule has 146 heavy (non-hydrogen) atoms. The number of nitrogens with zero attached hydrogens (tertiary/aromatic N) is 8. The summed E-state index contributed by atoms with van der Waals surface area (Å²) in [6.45, 7) is 11.7. The molecule has 0 bridgehead atoms. The van der Waals surface area contributed by atoms with E-state index in [1.165, 1.54) is 29.8 Å². The molecule has 1 fully saturated rings. The van der Waals surface area contributed by atoms with Crippen molar-refractivity contribution in [2.75, 3.05) is 27.9 Å². The number of carbonyl (C=O) groups is 5. The number of aromatic amines is 6. The van der Waals surface area contributed by atoms with Crippen LogP contribution in [0.25, 0.3) is 88.2 Å². The Morgan fingerprint density at radius 3 is 1.30 bits per heavy atom. The second kappa shape index (κ2) is 46.3. The van der Waals surface area contributed by atoms with E-state index in [4.69, 9.17) is 90.3 Å². The second-order valence-corrected chi connectivity index (χ2v) is 38.1. The molecule has 5 amide bonds. The standard InChI is InChI=1S/C21H19ClN4O4.C18H13ClN4O2.C18H15ClN2O.C16H17ClN4O3.C16H17ClN4O2.C16H15FN2O2S/c1-11(23-20(27)16-9-13-8-14(22)5-6-15(13)24-16)21-25-19(26-30-21)12-4-7-17(28-2)18(10-12)29-3;19-13-6-7-14-12(8-13)9-15(21-14)18(24)20-10-16-22-17(23-25-16)11-4-2-1-3-5-11;19-14-6-7-15-12(10-14)11-16(20-15)17(22)21-18(8-9-18)13-4-2-1-3-5-13;1-9(16-20-14(21-24-16)5-6-23-2)18-15(22)13-8-10-7-11(17)3-4-12(10)19-13;1-8(2)14-20-16(23-21-14)9(3)18-15(22)13-7-10-6-11(17)4-5-12(10)19-13;1-11(12-5-3-2-4-6-12)19-22(20,21)16-10-13-9-14(17)7-8-15(13)18-16/h4-11,24H,1-3H3,(H,23,27);1-9,21H,10H2,(H,20,24);1-7,10-11,20H,8-9H2,(H,21,22);3-4,7-9,19H,5-6H2,1-2H3,(H,18,22);4-9,19H,1-3H3,(H,18,22);2-11,18-19H,1H3/t;;;;;11-/m.....1/s1. The quantitative estimate of drug-likeness (QED) is 0.0227. The number of halogens is 6. The van der Waals surface area contributed by atoms with Gasteiger partial charge in [0.05, 0.1) is 32.9 Å². The molecule has 41 heteroatoms. The van der Waals surface area contributed by atoms with Gasteiger partial charge in [0.1, 0.15) is 57.4 Å². The summed E-state index contributed by atoms with van der Waals surface area (Å²) in [4.78, 5) is 97.6. The first kappa shape index (κ1) is 103. The number of H-pyrrole nitrogens is 6. The topological polar surface area (TPSA) is 470 Å². The molecule has 21 rings (SSSR count). The summed E-state index contributed by atoms with van der Waals surface area (Å²) in [5, 5.41) is 38.3. The minimum Gasteiger partial charge on any atom is -0.493 e. The Morgan fingerprint density at radius 1 is 0.411 bits per heavy atom. The van der Waals surface area contributed by atoms with Gasteiger partial charge in [-0.1, -0.05) is 183 Å². The molecule has 1 aliphatic rings. The molecule has 10 heterocycles. The molecule has 0 radical (unpaired) electrons. The molecule has 1 aliphatic carbocycles. The predicted molar refractivity (Wildman–Crippen MR) is 554 cm³/mol. The number of hydrogen-bond acceptors (Lipinski definition) is 22. The highest BCUT2D eigenvalue weighted by atomic mass is 35.5. The number of carbonyl (C=O) groups excluding carboxylic acids is 5. The maximum atomic E-state index is 13.2. The summed E-state index contributed by atoms with van der Waals surface area (Å²) in [6.07, 6.45) is 2.52. The number of ether oxygens (including phenoxy) is 3. The predicted octanol–water partition coefficient (Wildman–Crippen LogP) is 22.5. The summed E-state index contributed by atoms with van der Waals surface area (Å²) in [7, 11) is 1.02. The van der Waals surface area contributed by atoms with Crippen molar-refractivity contribution in [3.8, 4) is 34.3 Å². The number of sulfonamides is 1. The van der Waals surface area contributed by atoms with E-state index in [2.05, 4.69) is 114 Å². The average molecular weight is 2090 g/mol. The number of rotatable bonds is 27. The Balaban J connectivity index is 0.000000126. The zero-order chi connectivity index (χ0) is 103. The van der Waals surface area contributed by atoms with Crippen LogP contribution < -0.4 is 40.8 Å². The van der Waals surface area contributed by atoms with Crippen LogP contribution in [0.5, 0.6) is 11.5 Å². The van der Waals surface area contributed by atoms with Gasteiger partial charge in [0, 0.05) is 127 Å². The van der Waals surface area contributed by atoms with Crippen molar-refractivity contribution in [3.05, 3.63) is 361 Å². The molecule has 0 aliphatic heterocycles. The third-order valence-corrected chi connectivity index (χ3v) is 25.8. The van der Waals surface area contributed by atoms with Crippen LogP contribution in [0, 0.1) is 5.82 Å². The molecular weight excluding hydrogens is 1990 g/mol. The van der Waals surface area contributed by atoms with Crippen molar-refractivity contribution in [1.29, 1.82) is 0 Å². The van der Waals surface area contributed by atoms with Gasteiger partial charge in [-0.15, -0.1) is 0 Å². The van der Waals surface area contributed by atoms with Crippen molar-refractivity contribution in [2.24, 2.45) is 0 Å². The number of methoxy groups -OCH3 is 3. The average Bonchev–Trinajstić information content (AvgIpc) is 1.61. The third kappa shape index (κ3) is 25.9. The van der Waals surface area contributed by atoms with Crippen LogP contribution in [-0.4, -0.2) is 136 Å². The van der Waals surface area contributed by atoms with E-state index in [0.29, 0.717) is 136 Å². The maximum absolute atomic E-state index is 13.2. The van der Waals surface area contributed by atoms with Gasteiger partial charge in [0.15, 0.2) is 23.1 Å². The van der Waals surface area contributed by atoms with E-state index in [1.807, 2.05) is 141 Å². The SMILES string of the molecule is CC(C)c1noc(C(C)NC(=O)c2cc3cc(Cl)ccc3[nH]2)n1.COCCc1noc(C(C)NC(=O)c2cc3cc(Cl)ccc3[nH]2)n1.COc1ccc(-c2noc(C(C)NC(=O)c3cc4cc(Cl)ccc4[nH]3)n2)cc1OC.C[C@@H](NS(=O)(=O)c1cc2cc(F)ccc2[nH]1)c1ccccc1.O=C(NC1(c2ccccc2)CC1)c1cc2cc(Cl)ccc2[nH]1.O=C(NCc1nc(-c2ccccc2)no1)c1cc2cc(Cl)ccc2[nH]1. The fraction of sp³-hybridized carbons (Fsp3) is 0.190. The lowest BCUT2D eigenvalue weighted by molar-refractivity contribution is 0.0918. The van der Waals surface area contributed by atoms with Crippen molar-refractivity contribution >= 4 is 163 Å². The molecule has 748 valence electrons. The largest absolute Gasteiger partial charge is 0.493 e. The van der Waals surface area contributed by atoms with E-state index in [0.717, 1.165) is 78.5 Å². The van der Waals surface area contributed by atoms with Gasteiger partial charge in [-0.05, 0) is 215 Å². The first-order valence-electron chi connectivity index (χ1n) is 45.7. The summed E-state index contributed by atoms with van der Waals surface area (Å²) in [5.74, 6) is 3.23. The monoisotopic (exact) mass is 2090 g/mol. The molecule has 0 spiro atoms. The number of hydrogen-bond donors (Lipinski definition) is 12. The fourth-order valence-electron chi connectivity index (χ4n) is 15.3. The van der Waals surface area contributed by atoms with E-state index in [1.54, 1.807) is 140 Å². The van der Waals surface area contributed by atoms with E-state index >= 15 is 0 Å². The Hall–Kier alpha value is -15.8. The zero-order valence-corrected chi connectivity index (χ0v) is 84.2. The van der Waals surface area contributed by atoms with E-state index in [9.17, 15) is 36.8 Å². The van der Waals surface area contributed by atoms with Gasteiger partial charge in [-0.3, -0.25) is 24.0 Å². The van der Waals surface area contributed by atoms with Crippen LogP contribution in [0.3, 0.4) is 0 Å². The Morgan fingerprint density at radius 2 is 0.829 bits per heavy atom. The van der Waals surface area contributed by atoms with E-state index in [-0.39, 0.29) is 70.5 Å². The fourth-order valence-corrected chi connectivity index (χ4v) is 17.5. The van der Waals surface area contributed by atoms with Gasteiger partial charge < -0.3 is 88.8 Å². The second-order valence-electron chi connectivity index (χ2n) is 34.2. The lowest BCUT2D eigenvalue weighted by Gasteiger charge is -2.17. The summed E-state index contributed by atoms with van der Waals surface area (Å²) in [5.41, 5.74) is 10.6. The van der Waals surface area contributed by atoms with Gasteiger partial charge in [-0.25, -0.2) is 17.5 Å².